The Hall–Kier alpha value is -2.58. The lowest BCUT2D eigenvalue weighted by Crippen LogP contribution is -2.39. The largest absolute Gasteiger partial charge is 0.495 e. The molecule has 0 amide bonds. The highest BCUT2D eigenvalue weighted by atomic mass is 32.2. The molecule has 1 saturated heterocycles. The Kier molecular flexibility index (Phi) is 5.84. The van der Waals surface area contributed by atoms with E-state index >= 15 is 0 Å². The van der Waals surface area contributed by atoms with Gasteiger partial charge in [0, 0.05) is 38.2 Å². The van der Waals surface area contributed by atoms with Gasteiger partial charge in [0.1, 0.15) is 28.3 Å². The van der Waals surface area contributed by atoms with Crippen LogP contribution in [-0.2, 0) is 26.7 Å². The molecule has 5 rings (SSSR count). The number of benzene rings is 2. The number of hydrogen-bond donors (Lipinski definition) is 0. The van der Waals surface area contributed by atoms with Crippen LogP contribution in [0.3, 0.4) is 0 Å². The second-order valence-electron chi connectivity index (χ2n) is 9.75. The standard InChI is InChI=1S/C26H32N2O5S/c1-27-13-9-19(10-14-27)33-23-16-18(15-21-20(23)17-25(29)26(21)11-6-12-26)28(2)34(30,31)24-8-5-4-7-22(24)32-3/h4-5,7-8,15-16,19H,6,9-14,17H2,1-3H3. The van der Waals surface area contributed by atoms with Crippen molar-refractivity contribution in [2.75, 3.05) is 38.6 Å². The Morgan fingerprint density at radius 3 is 2.44 bits per heavy atom. The summed E-state index contributed by atoms with van der Waals surface area (Å²) in [6, 6.07) is 10.3. The maximum absolute atomic E-state index is 13.6. The number of fused-ring (bicyclic) bond motifs is 2. The first-order valence-electron chi connectivity index (χ1n) is 11.9. The number of anilines is 1. The molecule has 0 aromatic heterocycles. The van der Waals surface area contributed by atoms with Crippen LogP contribution in [0.5, 0.6) is 11.5 Å². The molecule has 0 atom stereocenters. The third-order valence-corrected chi connectivity index (χ3v) is 9.64. The second kappa shape index (κ2) is 8.57. The highest BCUT2D eigenvalue weighted by Gasteiger charge is 2.51. The first kappa shape index (κ1) is 23.2. The van der Waals surface area contributed by atoms with Gasteiger partial charge in [-0.2, -0.15) is 0 Å². The molecule has 0 bridgehead atoms. The number of hydrogen-bond acceptors (Lipinski definition) is 6. The first-order chi connectivity index (χ1) is 16.3. The van der Waals surface area contributed by atoms with Gasteiger partial charge in [0.25, 0.3) is 10.0 Å². The molecule has 1 saturated carbocycles. The number of para-hydroxylation sites is 1. The van der Waals surface area contributed by atoms with E-state index in [2.05, 4.69) is 11.9 Å². The summed E-state index contributed by atoms with van der Waals surface area (Å²) in [5.41, 5.74) is 1.92. The van der Waals surface area contributed by atoms with Crippen molar-refractivity contribution in [2.45, 2.75) is 54.9 Å². The Bertz CT molecular complexity index is 1210. The first-order valence-corrected chi connectivity index (χ1v) is 13.4. The van der Waals surface area contributed by atoms with E-state index in [9.17, 15) is 13.2 Å². The maximum atomic E-state index is 13.6. The van der Waals surface area contributed by atoms with E-state index in [4.69, 9.17) is 9.47 Å². The Morgan fingerprint density at radius 2 is 1.79 bits per heavy atom. The minimum atomic E-state index is -3.89. The Balaban J connectivity index is 1.57. The zero-order valence-corrected chi connectivity index (χ0v) is 20.9. The second-order valence-corrected chi connectivity index (χ2v) is 11.7. The number of carbonyl (C=O) groups excluding carboxylic acids is 1. The van der Waals surface area contributed by atoms with E-state index in [-0.39, 0.29) is 16.8 Å². The van der Waals surface area contributed by atoms with Gasteiger partial charge in [-0.15, -0.1) is 0 Å². The lowest BCUT2D eigenvalue weighted by Gasteiger charge is -2.38. The van der Waals surface area contributed by atoms with Crippen molar-refractivity contribution in [3.05, 3.63) is 47.5 Å². The zero-order valence-electron chi connectivity index (χ0n) is 20.0. The predicted octanol–water partition coefficient (Wildman–Crippen LogP) is 3.54. The normalized spacial score (nSPS) is 20.1. The van der Waals surface area contributed by atoms with E-state index in [1.54, 1.807) is 37.4 Å². The fourth-order valence-electron chi connectivity index (χ4n) is 5.49. The number of ketones is 1. The van der Waals surface area contributed by atoms with Crippen molar-refractivity contribution in [3.8, 4) is 11.5 Å². The van der Waals surface area contributed by atoms with Gasteiger partial charge in [-0.1, -0.05) is 18.6 Å². The van der Waals surface area contributed by atoms with E-state index in [0.29, 0.717) is 23.6 Å². The van der Waals surface area contributed by atoms with Crippen molar-refractivity contribution in [3.63, 3.8) is 0 Å². The highest BCUT2D eigenvalue weighted by Crippen LogP contribution is 2.53. The highest BCUT2D eigenvalue weighted by molar-refractivity contribution is 7.92. The van der Waals surface area contributed by atoms with Crippen molar-refractivity contribution in [1.29, 1.82) is 0 Å². The number of nitrogens with zero attached hydrogens (tertiary/aromatic N) is 2. The number of rotatable bonds is 6. The molecule has 34 heavy (non-hydrogen) atoms. The summed E-state index contributed by atoms with van der Waals surface area (Å²) in [7, 11) is 1.22. The lowest BCUT2D eigenvalue weighted by molar-refractivity contribution is -0.125. The summed E-state index contributed by atoms with van der Waals surface area (Å²) in [5, 5.41) is 0. The number of sulfonamides is 1. The average molecular weight is 485 g/mol. The van der Waals surface area contributed by atoms with Crippen molar-refractivity contribution in [2.24, 2.45) is 0 Å². The van der Waals surface area contributed by atoms with E-state index in [1.807, 2.05) is 6.07 Å². The zero-order chi connectivity index (χ0) is 24.1. The van der Waals surface area contributed by atoms with Crippen LogP contribution in [0.25, 0.3) is 0 Å². The van der Waals surface area contributed by atoms with E-state index in [1.165, 1.54) is 11.4 Å². The van der Waals surface area contributed by atoms with Gasteiger partial charge in [0.05, 0.1) is 18.2 Å². The number of piperidine rings is 1. The molecule has 3 aliphatic rings. The number of likely N-dealkylation sites (tertiary alicyclic amines) is 1. The minimum Gasteiger partial charge on any atom is -0.495 e. The van der Waals surface area contributed by atoms with Crippen LogP contribution in [0.2, 0.25) is 0 Å². The maximum Gasteiger partial charge on any atom is 0.267 e. The average Bonchev–Trinajstić information content (AvgIpc) is 3.12. The molecule has 0 unspecified atom stereocenters. The minimum absolute atomic E-state index is 0.0553. The number of methoxy groups -OCH3 is 1. The van der Waals surface area contributed by atoms with Crippen LogP contribution in [-0.4, -0.2) is 59.5 Å². The van der Waals surface area contributed by atoms with Crippen molar-refractivity contribution >= 4 is 21.5 Å². The molecule has 182 valence electrons. The molecular formula is C26H32N2O5S. The third-order valence-electron chi connectivity index (χ3n) is 7.82. The van der Waals surface area contributed by atoms with Crippen LogP contribution in [0.4, 0.5) is 5.69 Å². The molecule has 1 heterocycles. The molecule has 2 aromatic rings. The monoisotopic (exact) mass is 484 g/mol. The summed E-state index contributed by atoms with van der Waals surface area (Å²) in [4.78, 5) is 15.5. The van der Waals surface area contributed by atoms with Crippen LogP contribution in [0, 0.1) is 0 Å². The molecule has 2 fully saturated rings. The van der Waals surface area contributed by atoms with Gasteiger partial charge in [-0.25, -0.2) is 8.42 Å². The van der Waals surface area contributed by atoms with Gasteiger partial charge < -0.3 is 14.4 Å². The topological polar surface area (TPSA) is 76.2 Å². The van der Waals surface area contributed by atoms with E-state index in [0.717, 1.165) is 56.3 Å². The van der Waals surface area contributed by atoms with E-state index < -0.39 is 15.4 Å². The van der Waals surface area contributed by atoms with Crippen LogP contribution < -0.4 is 13.8 Å². The molecule has 0 radical (unpaired) electrons. The van der Waals surface area contributed by atoms with Gasteiger partial charge in [-0.3, -0.25) is 9.10 Å². The van der Waals surface area contributed by atoms with Gasteiger partial charge in [0.2, 0.25) is 0 Å². The van der Waals surface area contributed by atoms with Crippen LogP contribution >= 0.6 is 0 Å². The van der Waals surface area contributed by atoms with Crippen molar-refractivity contribution in [1.82, 2.24) is 4.90 Å². The molecular weight excluding hydrogens is 452 g/mol. The summed E-state index contributed by atoms with van der Waals surface area (Å²) in [6.45, 7) is 1.91. The smallest absolute Gasteiger partial charge is 0.267 e. The predicted molar refractivity (Wildman–Crippen MR) is 130 cm³/mol. The van der Waals surface area contributed by atoms with Crippen LogP contribution in [0.15, 0.2) is 41.3 Å². The third kappa shape index (κ3) is 3.67. The summed E-state index contributed by atoms with van der Waals surface area (Å²) < 4.78 is 40.3. The quantitative estimate of drug-likeness (QED) is 0.624. The number of Topliss-reactive ketones (excluding diaryl/α,β-unsaturated/α-hetero) is 1. The van der Waals surface area contributed by atoms with Gasteiger partial charge >= 0.3 is 0 Å². The molecule has 1 aliphatic heterocycles. The van der Waals surface area contributed by atoms with Gasteiger partial charge in [-0.05, 0) is 56.5 Å². The molecule has 2 aromatic carbocycles. The molecule has 1 spiro atoms. The Labute approximate surface area is 201 Å². The van der Waals surface area contributed by atoms with Crippen LogP contribution in [0.1, 0.15) is 43.2 Å². The Morgan fingerprint density at radius 1 is 1.09 bits per heavy atom. The number of ether oxygens (including phenoxy) is 2. The summed E-state index contributed by atoms with van der Waals surface area (Å²) in [5.74, 6) is 1.18. The van der Waals surface area contributed by atoms with Crippen molar-refractivity contribution < 1.29 is 22.7 Å². The fourth-order valence-corrected chi connectivity index (χ4v) is 6.82. The molecule has 7 nitrogen and oxygen atoms in total. The SMILES string of the molecule is COc1ccccc1S(=O)(=O)N(C)c1cc(OC2CCN(C)CC2)c2c(c1)C1(CCC1)C(=O)C2. The molecule has 2 aliphatic carbocycles. The molecule has 8 heteroatoms. The fraction of sp³-hybridized carbons (Fsp3) is 0.500. The molecule has 0 N–H and O–H groups in total. The lowest BCUT2D eigenvalue weighted by atomic mass is 9.64. The van der Waals surface area contributed by atoms with Gasteiger partial charge in [0.15, 0.2) is 0 Å². The number of carbonyl (C=O) groups is 1. The summed E-state index contributed by atoms with van der Waals surface area (Å²) in [6.07, 6.45) is 4.88. The summed E-state index contributed by atoms with van der Waals surface area (Å²) >= 11 is 0.